The zero-order chi connectivity index (χ0) is 11.5. The number of methoxy groups -OCH3 is 1. The lowest BCUT2D eigenvalue weighted by Gasteiger charge is -2.23. The van der Waals surface area contributed by atoms with Crippen LogP contribution in [0.15, 0.2) is 0 Å². The summed E-state index contributed by atoms with van der Waals surface area (Å²) in [7, 11) is 1.43. The van der Waals surface area contributed by atoms with E-state index in [1.54, 1.807) is 0 Å². The Hall–Kier alpha value is -0.610. The van der Waals surface area contributed by atoms with Crippen molar-refractivity contribution >= 4 is 5.97 Å². The third-order valence-corrected chi connectivity index (χ3v) is 3.42. The molecule has 2 rings (SSSR count). The Balaban J connectivity index is 1.76. The molecule has 4 heteroatoms. The molecule has 3 atom stereocenters. The molecule has 0 radical (unpaired) electrons. The Morgan fingerprint density at radius 2 is 2.25 bits per heavy atom. The molecule has 1 aliphatic carbocycles. The zero-order valence-corrected chi connectivity index (χ0v) is 10.1. The highest BCUT2D eigenvalue weighted by molar-refractivity contribution is 5.69. The maximum absolute atomic E-state index is 11.1. The van der Waals surface area contributed by atoms with Crippen molar-refractivity contribution in [3.63, 3.8) is 0 Å². The van der Waals surface area contributed by atoms with E-state index in [1.807, 2.05) is 6.92 Å². The third-order valence-electron chi connectivity index (χ3n) is 3.42. The maximum Gasteiger partial charge on any atom is 0.307 e. The topological polar surface area (TPSA) is 47.6 Å². The van der Waals surface area contributed by atoms with Crippen LogP contribution >= 0.6 is 0 Å². The van der Waals surface area contributed by atoms with E-state index in [0.717, 1.165) is 18.9 Å². The molecule has 4 nitrogen and oxygen atoms in total. The lowest BCUT2D eigenvalue weighted by atomic mass is 10.0. The van der Waals surface area contributed by atoms with Gasteiger partial charge in [-0.05, 0) is 32.1 Å². The molecule has 92 valence electrons. The number of esters is 1. The number of rotatable bonds is 5. The molecular weight excluding hydrogens is 206 g/mol. The van der Waals surface area contributed by atoms with Crippen LogP contribution < -0.4 is 5.32 Å². The molecule has 0 aromatic heterocycles. The second-order valence-corrected chi connectivity index (χ2v) is 4.92. The van der Waals surface area contributed by atoms with Crippen LogP contribution in [0.25, 0.3) is 0 Å². The minimum Gasteiger partial charge on any atom is -0.469 e. The largest absolute Gasteiger partial charge is 0.469 e. The predicted molar refractivity (Wildman–Crippen MR) is 60.1 cm³/mol. The molecule has 1 saturated heterocycles. The van der Waals surface area contributed by atoms with Gasteiger partial charge in [0, 0.05) is 18.7 Å². The third kappa shape index (κ3) is 2.95. The minimum atomic E-state index is -0.151. The molecule has 1 N–H and O–H groups in total. The monoisotopic (exact) mass is 227 g/mol. The average Bonchev–Trinajstić information content (AvgIpc) is 3.00. The van der Waals surface area contributed by atoms with Gasteiger partial charge in [-0.2, -0.15) is 0 Å². The lowest BCUT2D eigenvalue weighted by molar-refractivity contribution is -0.141. The lowest BCUT2D eigenvalue weighted by Crippen LogP contribution is -2.43. The van der Waals surface area contributed by atoms with Gasteiger partial charge in [0.2, 0.25) is 0 Å². The van der Waals surface area contributed by atoms with Gasteiger partial charge in [0.25, 0.3) is 0 Å². The number of hydrogen-bond donors (Lipinski definition) is 1. The zero-order valence-electron chi connectivity index (χ0n) is 10.1. The number of carbonyl (C=O) groups excluding carboxylic acids is 1. The van der Waals surface area contributed by atoms with E-state index < -0.39 is 0 Å². The van der Waals surface area contributed by atoms with Gasteiger partial charge in [-0.25, -0.2) is 0 Å². The summed E-state index contributed by atoms with van der Waals surface area (Å²) in [4.78, 5) is 11.1. The molecule has 1 heterocycles. The van der Waals surface area contributed by atoms with Gasteiger partial charge in [0.05, 0.1) is 19.6 Å². The standard InChI is InChI=1S/C12H21NO3/c1-8(7-11(14)15-2)13-10-5-6-16-12(10)9-3-4-9/h8-10,12-13H,3-7H2,1-2H3. The van der Waals surface area contributed by atoms with Crippen LogP contribution in [0.5, 0.6) is 0 Å². The second kappa shape index (κ2) is 5.15. The summed E-state index contributed by atoms with van der Waals surface area (Å²) >= 11 is 0. The summed E-state index contributed by atoms with van der Waals surface area (Å²) in [5.41, 5.74) is 0. The van der Waals surface area contributed by atoms with E-state index >= 15 is 0 Å². The summed E-state index contributed by atoms with van der Waals surface area (Å²) in [6.45, 7) is 2.88. The van der Waals surface area contributed by atoms with Gasteiger partial charge in [0.15, 0.2) is 0 Å². The Morgan fingerprint density at radius 3 is 2.88 bits per heavy atom. The normalized spacial score (nSPS) is 31.4. The molecule has 2 fully saturated rings. The Kier molecular flexibility index (Phi) is 3.82. The molecule has 0 bridgehead atoms. The van der Waals surface area contributed by atoms with Gasteiger partial charge in [-0.1, -0.05) is 0 Å². The SMILES string of the molecule is COC(=O)CC(C)NC1CCOC1C1CC1. The summed E-state index contributed by atoms with van der Waals surface area (Å²) in [6.07, 6.45) is 4.47. The van der Waals surface area contributed by atoms with Crippen molar-refractivity contribution in [3.05, 3.63) is 0 Å². The molecule has 1 saturated carbocycles. The highest BCUT2D eigenvalue weighted by atomic mass is 16.5. The van der Waals surface area contributed by atoms with Crippen LogP contribution in [0, 0.1) is 5.92 Å². The summed E-state index contributed by atoms with van der Waals surface area (Å²) in [5, 5.41) is 3.49. The summed E-state index contributed by atoms with van der Waals surface area (Å²) < 4.78 is 10.4. The summed E-state index contributed by atoms with van der Waals surface area (Å²) in [5.74, 6) is 0.604. The maximum atomic E-state index is 11.1. The van der Waals surface area contributed by atoms with Crippen molar-refractivity contribution in [1.29, 1.82) is 0 Å². The fourth-order valence-corrected chi connectivity index (χ4v) is 2.44. The Morgan fingerprint density at radius 1 is 1.50 bits per heavy atom. The first-order chi connectivity index (χ1) is 7.70. The Labute approximate surface area is 96.7 Å². The first-order valence-corrected chi connectivity index (χ1v) is 6.15. The molecule has 2 aliphatic rings. The highest BCUT2D eigenvalue weighted by Gasteiger charge is 2.40. The first kappa shape index (κ1) is 11.9. The van der Waals surface area contributed by atoms with Crippen LogP contribution in [0.3, 0.4) is 0 Å². The van der Waals surface area contributed by atoms with Gasteiger partial charge in [-0.3, -0.25) is 4.79 Å². The molecule has 1 aliphatic heterocycles. The molecule has 0 amide bonds. The molecule has 16 heavy (non-hydrogen) atoms. The van der Waals surface area contributed by atoms with Crippen molar-refractivity contribution in [3.8, 4) is 0 Å². The van der Waals surface area contributed by atoms with E-state index in [2.05, 4.69) is 10.1 Å². The molecule has 3 unspecified atom stereocenters. The minimum absolute atomic E-state index is 0.151. The fourth-order valence-electron chi connectivity index (χ4n) is 2.44. The van der Waals surface area contributed by atoms with E-state index in [1.165, 1.54) is 20.0 Å². The molecule has 0 spiro atoms. The Bertz CT molecular complexity index is 253. The number of hydrogen-bond acceptors (Lipinski definition) is 4. The van der Waals surface area contributed by atoms with Crippen molar-refractivity contribution in [2.24, 2.45) is 5.92 Å². The first-order valence-electron chi connectivity index (χ1n) is 6.15. The van der Waals surface area contributed by atoms with Gasteiger partial charge < -0.3 is 14.8 Å². The number of ether oxygens (including phenoxy) is 2. The van der Waals surface area contributed by atoms with Crippen LogP contribution in [-0.4, -0.2) is 37.9 Å². The van der Waals surface area contributed by atoms with E-state index in [4.69, 9.17) is 4.74 Å². The van der Waals surface area contributed by atoms with E-state index in [0.29, 0.717) is 18.6 Å². The average molecular weight is 227 g/mol. The fraction of sp³-hybridized carbons (Fsp3) is 0.917. The quantitative estimate of drug-likeness (QED) is 0.714. The van der Waals surface area contributed by atoms with Gasteiger partial charge >= 0.3 is 5.97 Å². The molecular formula is C12H21NO3. The molecule has 0 aromatic rings. The highest BCUT2D eigenvalue weighted by Crippen LogP contribution is 2.38. The van der Waals surface area contributed by atoms with Gasteiger partial charge in [0.1, 0.15) is 0 Å². The number of carbonyl (C=O) groups is 1. The van der Waals surface area contributed by atoms with Crippen molar-refractivity contribution < 1.29 is 14.3 Å². The smallest absolute Gasteiger partial charge is 0.307 e. The van der Waals surface area contributed by atoms with Crippen LogP contribution in [0.4, 0.5) is 0 Å². The second-order valence-electron chi connectivity index (χ2n) is 4.92. The van der Waals surface area contributed by atoms with Crippen LogP contribution in [-0.2, 0) is 14.3 Å². The summed E-state index contributed by atoms with van der Waals surface area (Å²) in [6, 6.07) is 0.590. The van der Waals surface area contributed by atoms with Crippen molar-refractivity contribution in [2.75, 3.05) is 13.7 Å². The predicted octanol–water partition coefficient (Wildman–Crippen LogP) is 1.10. The van der Waals surface area contributed by atoms with E-state index in [-0.39, 0.29) is 12.0 Å². The van der Waals surface area contributed by atoms with Crippen LogP contribution in [0.1, 0.15) is 32.6 Å². The van der Waals surface area contributed by atoms with Gasteiger partial charge in [-0.15, -0.1) is 0 Å². The number of nitrogens with one attached hydrogen (secondary N) is 1. The van der Waals surface area contributed by atoms with E-state index in [9.17, 15) is 4.79 Å². The van der Waals surface area contributed by atoms with Crippen LogP contribution in [0.2, 0.25) is 0 Å². The molecule has 0 aromatic carbocycles. The van der Waals surface area contributed by atoms with Crippen molar-refractivity contribution in [1.82, 2.24) is 5.32 Å². The van der Waals surface area contributed by atoms with Crippen molar-refractivity contribution in [2.45, 2.75) is 50.8 Å².